The van der Waals surface area contributed by atoms with Crippen LogP contribution >= 0.6 is 11.6 Å². The van der Waals surface area contributed by atoms with Crippen molar-refractivity contribution >= 4 is 28.2 Å². The number of aromatic amines is 1. The van der Waals surface area contributed by atoms with Gasteiger partial charge in [-0.2, -0.15) is 5.26 Å². The van der Waals surface area contributed by atoms with Gasteiger partial charge in [0.05, 0.1) is 35.0 Å². The number of hydrogen-bond acceptors (Lipinski definition) is 4. The number of pyridine rings is 1. The van der Waals surface area contributed by atoms with E-state index in [4.69, 9.17) is 21.6 Å². The summed E-state index contributed by atoms with van der Waals surface area (Å²) in [6.07, 6.45) is 0. The van der Waals surface area contributed by atoms with Crippen LogP contribution in [0.3, 0.4) is 0 Å². The number of nitrogens with zero attached hydrogens (tertiary/aromatic N) is 1. The Morgan fingerprint density at radius 3 is 2.88 bits per heavy atom. The molecule has 0 fully saturated rings. The van der Waals surface area contributed by atoms with E-state index in [0.29, 0.717) is 39.6 Å². The molecule has 0 spiro atoms. The predicted molar refractivity (Wildman–Crippen MR) is 94.6 cm³/mol. The minimum atomic E-state index is -0.198. The molecule has 2 aromatic carbocycles. The number of hydrogen-bond donors (Lipinski definition) is 2. The maximum Gasteiger partial charge on any atom is 0.253 e. The largest absolute Gasteiger partial charge is 0.495 e. The van der Waals surface area contributed by atoms with Gasteiger partial charge in [0, 0.05) is 23.6 Å². The van der Waals surface area contributed by atoms with Crippen molar-refractivity contribution < 1.29 is 4.74 Å². The minimum absolute atomic E-state index is 0.198. The highest BCUT2D eigenvalue weighted by Crippen LogP contribution is 2.26. The molecule has 6 heteroatoms. The van der Waals surface area contributed by atoms with Crippen molar-refractivity contribution in [3.05, 3.63) is 69.0 Å². The topological polar surface area (TPSA) is 77.9 Å². The number of anilines is 1. The molecule has 24 heavy (non-hydrogen) atoms. The van der Waals surface area contributed by atoms with E-state index in [1.54, 1.807) is 24.3 Å². The highest BCUT2D eigenvalue weighted by molar-refractivity contribution is 6.35. The third kappa shape index (κ3) is 3.05. The number of H-pyrrole nitrogens is 1. The fraction of sp³-hybridized carbons (Fsp3) is 0.111. The first-order valence-corrected chi connectivity index (χ1v) is 7.62. The monoisotopic (exact) mass is 339 g/mol. The van der Waals surface area contributed by atoms with Crippen molar-refractivity contribution in [2.75, 3.05) is 12.4 Å². The van der Waals surface area contributed by atoms with Crippen LogP contribution in [0.1, 0.15) is 11.1 Å². The van der Waals surface area contributed by atoms with Crippen molar-refractivity contribution in [1.29, 1.82) is 5.26 Å². The zero-order chi connectivity index (χ0) is 17.1. The van der Waals surface area contributed by atoms with Crippen molar-refractivity contribution in [1.82, 2.24) is 4.98 Å². The van der Waals surface area contributed by atoms with Gasteiger partial charge in [-0.25, -0.2) is 0 Å². The lowest BCUT2D eigenvalue weighted by molar-refractivity contribution is 0.416. The van der Waals surface area contributed by atoms with E-state index >= 15 is 0 Å². The Kier molecular flexibility index (Phi) is 4.41. The van der Waals surface area contributed by atoms with E-state index in [1.165, 1.54) is 7.11 Å². The number of aromatic nitrogens is 1. The summed E-state index contributed by atoms with van der Waals surface area (Å²) in [4.78, 5) is 15.0. The smallest absolute Gasteiger partial charge is 0.253 e. The minimum Gasteiger partial charge on any atom is -0.495 e. The fourth-order valence-corrected chi connectivity index (χ4v) is 2.70. The number of nitrogens with one attached hydrogen (secondary N) is 2. The van der Waals surface area contributed by atoms with Gasteiger partial charge in [0.1, 0.15) is 5.75 Å². The van der Waals surface area contributed by atoms with E-state index < -0.39 is 0 Å². The molecule has 0 unspecified atom stereocenters. The number of para-hydroxylation sites is 1. The summed E-state index contributed by atoms with van der Waals surface area (Å²) in [6.45, 7) is 0.319. The van der Waals surface area contributed by atoms with Gasteiger partial charge in [0.25, 0.3) is 5.56 Å². The Bertz CT molecular complexity index is 1010. The van der Waals surface area contributed by atoms with Gasteiger partial charge < -0.3 is 15.0 Å². The molecule has 0 saturated carbocycles. The molecule has 0 amide bonds. The van der Waals surface area contributed by atoms with Crippen molar-refractivity contribution in [3.8, 4) is 11.8 Å². The maximum absolute atomic E-state index is 12.2. The predicted octanol–water partition coefficient (Wildman–Crippen LogP) is 3.67. The van der Waals surface area contributed by atoms with Crippen molar-refractivity contribution in [2.24, 2.45) is 0 Å². The third-order valence-electron chi connectivity index (χ3n) is 3.71. The standard InChI is InChI=1S/C18H14ClN3O2/c1-24-16-7-11(9-20)5-6-15(16)21-10-13-8-12-3-2-4-14(19)17(12)22-18(13)23/h2-8,21H,10H2,1H3,(H,22,23). The summed E-state index contributed by atoms with van der Waals surface area (Å²) in [5.41, 5.74) is 2.23. The number of fused-ring (bicyclic) bond motifs is 1. The average Bonchev–Trinajstić information content (AvgIpc) is 2.60. The van der Waals surface area contributed by atoms with Crippen molar-refractivity contribution in [2.45, 2.75) is 6.54 Å². The first kappa shape index (κ1) is 15.9. The molecule has 0 aliphatic rings. The Morgan fingerprint density at radius 2 is 2.12 bits per heavy atom. The molecular weight excluding hydrogens is 326 g/mol. The lowest BCUT2D eigenvalue weighted by Crippen LogP contribution is -2.16. The van der Waals surface area contributed by atoms with Gasteiger partial charge in [-0.15, -0.1) is 0 Å². The van der Waals surface area contributed by atoms with Crippen LogP contribution in [0.25, 0.3) is 10.9 Å². The highest BCUT2D eigenvalue weighted by atomic mass is 35.5. The van der Waals surface area contributed by atoms with Crippen LogP contribution in [0.15, 0.2) is 47.3 Å². The molecule has 1 aromatic heterocycles. The van der Waals surface area contributed by atoms with Gasteiger partial charge in [-0.1, -0.05) is 23.7 Å². The van der Waals surface area contributed by atoms with E-state index in [-0.39, 0.29) is 5.56 Å². The van der Waals surface area contributed by atoms with Crippen molar-refractivity contribution in [3.63, 3.8) is 0 Å². The van der Waals surface area contributed by atoms with Crippen LogP contribution in [0.4, 0.5) is 5.69 Å². The molecule has 3 aromatic rings. The molecule has 0 saturated heterocycles. The number of ether oxygens (including phenoxy) is 1. The first-order valence-electron chi connectivity index (χ1n) is 7.25. The van der Waals surface area contributed by atoms with Crippen LogP contribution in [-0.4, -0.2) is 12.1 Å². The third-order valence-corrected chi connectivity index (χ3v) is 4.02. The molecule has 3 rings (SSSR count). The fourth-order valence-electron chi connectivity index (χ4n) is 2.47. The van der Waals surface area contributed by atoms with E-state index in [1.807, 2.05) is 18.2 Å². The van der Waals surface area contributed by atoms with Crippen LogP contribution in [0, 0.1) is 11.3 Å². The molecule has 1 heterocycles. The second-order valence-electron chi connectivity index (χ2n) is 5.21. The molecule has 0 aliphatic heterocycles. The molecule has 0 aliphatic carbocycles. The quantitative estimate of drug-likeness (QED) is 0.760. The normalized spacial score (nSPS) is 10.4. The summed E-state index contributed by atoms with van der Waals surface area (Å²) in [7, 11) is 1.53. The molecule has 0 bridgehead atoms. The summed E-state index contributed by atoms with van der Waals surface area (Å²) < 4.78 is 5.28. The molecule has 0 radical (unpaired) electrons. The van der Waals surface area contributed by atoms with Gasteiger partial charge in [-0.05, 0) is 24.3 Å². The number of rotatable bonds is 4. The van der Waals surface area contributed by atoms with Crippen LogP contribution in [0.5, 0.6) is 5.75 Å². The summed E-state index contributed by atoms with van der Waals surface area (Å²) in [5, 5.41) is 13.5. The Hall–Kier alpha value is -2.97. The Morgan fingerprint density at radius 1 is 1.29 bits per heavy atom. The first-order chi connectivity index (χ1) is 11.6. The maximum atomic E-state index is 12.2. The zero-order valence-corrected chi connectivity index (χ0v) is 13.6. The average molecular weight is 340 g/mol. The molecule has 120 valence electrons. The van der Waals surface area contributed by atoms with Gasteiger partial charge >= 0.3 is 0 Å². The van der Waals surface area contributed by atoms with Crippen LogP contribution < -0.4 is 15.6 Å². The summed E-state index contributed by atoms with van der Waals surface area (Å²) >= 11 is 6.09. The van der Waals surface area contributed by atoms with Crippen LogP contribution in [-0.2, 0) is 6.54 Å². The lowest BCUT2D eigenvalue weighted by Gasteiger charge is -2.11. The number of methoxy groups -OCH3 is 1. The van der Waals surface area contributed by atoms with Gasteiger partial charge in [-0.3, -0.25) is 4.79 Å². The zero-order valence-electron chi connectivity index (χ0n) is 12.9. The second kappa shape index (κ2) is 6.65. The van der Waals surface area contributed by atoms with E-state index in [0.717, 1.165) is 5.39 Å². The molecule has 2 N–H and O–H groups in total. The Balaban J connectivity index is 1.90. The van der Waals surface area contributed by atoms with Gasteiger partial charge in [0.2, 0.25) is 0 Å². The molecule has 0 atom stereocenters. The van der Waals surface area contributed by atoms with Gasteiger partial charge in [0.15, 0.2) is 0 Å². The number of nitriles is 1. The summed E-state index contributed by atoms with van der Waals surface area (Å²) in [5.74, 6) is 0.550. The molecular formula is C18H14ClN3O2. The lowest BCUT2D eigenvalue weighted by atomic mass is 10.1. The van der Waals surface area contributed by atoms with E-state index in [2.05, 4.69) is 16.4 Å². The summed E-state index contributed by atoms with van der Waals surface area (Å²) in [6, 6.07) is 14.4. The second-order valence-corrected chi connectivity index (χ2v) is 5.62. The SMILES string of the molecule is COc1cc(C#N)ccc1NCc1cc2cccc(Cl)c2[nH]c1=O. The number of benzene rings is 2. The van der Waals surface area contributed by atoms with E-state index in [9.17, 15) is 4.79 Å². The molecule has 5 nitrogen and oxygen atoms in total. The highest BCUT2D eigenvalue weighted by Gasteiger charge is 2.08. The number of halogens is 1. The van der Waals surface area contributed by atoms with Crippen LogP contribution in [0.2, 0.25) is 5.02 Å². The Labute approximate surface area is 143 Å².